The maximum Gasteiger partial charge on any atom is 0.414 e. The van der Waals surface area contributed by atoms with E-state index in [1.165, 1.54) is 0 Å². The highest BCUT2D eigenvalue weighted by molar-refractivity contribution is 6.19. The zero-order valence-corrected chi connectivity index (χ0v) is 15.7. The van der Waals surface area contributed by atoms with Gasteiger partial charge in [0.05, 0.1) is 11.2 Å². The molecular formula is C20H21ClN2O3. The number of amides is 1. The molecule has 0 radical (unpaired) electrons. The molecule has 1 atom stereocenters. The fourth-order valence-corrected chi connectivity index (χ4v) is 3.93. The van der Waals surface area contributed by atoms with Crippen LogP contribution in [-0.4, -0.2) is 34.2 Å². The summed E-state index contributed by atoms with van der Waals surface area (Å²) < 4.78 is 5.53. The lowest BCUT2D eigenvalue weighted by molar-refractivity contribution is 0.0582. The van der Waals surface area contributed by atoms with Gasteiger partial charge in [0.15, 0.2) is 0 Å². The summed E-state index contributed by atoms with van der Waals surface area (Å²) in [5, 5.41) is 12.4. The van der Waals surface area contributed by atoms with Crippen molar-refractivity contribution in [3.8, 4) is 5.75 Å². The number of phenolic OH excluding ortho intramolecular Hbond substituents is 1. The molecule has 1 aliphatic heterocycles. The van der Waals surface area contributed by atoms with Crippen LogP contribution in [0.5, 0.6) is 5.75 Å². The van der Waals surface area contributed by atoms with E-state index in [2.05, 4.69) is 4.98 Å². The van der Waals surface area contributed by atoms with Gasteiger partial charge in [-0.25, -0.2) is 4.79 Å². The van der Waals surface area contributed by atoms with Gasteiger partial charge < -0.3 is 14.8 Å². The molecule has 1 amide bonds. The van der Waals surface area contributed by atoms with Crippen molar-refractivity contribution >= 4 is 45.2 Å². The van der Waals surface area contributed by atoms with E-state index in [4.69, 9.17) is 16.3 Å². The normalized spacial score (nSPS) is 17.1. The Hall–Kier alpha value is -2.40. The summed E-state index contributed by atoms with van der Waals surface area (Å²) in [5.41, 5.74) is 2.79. The molecule has 0 saturated carbocycles. The minimum Gasteiger partial charge on any atom is -0.507 e. The molecule has 26 heavy (non-hydrogen) atoms. The van der Waals surface area contributed by atoms with Crippen LogP contribution >= 0.6 is 11.6 Å². The number of alkyl halides is 1. The van der Waals surface area contributed by atoms with Crippen molar-refractivity contribution in [1.82, 2.24) is 4.98 Å². The van der Waals surface area contributed by atoms with E-state index in [0.29, 0.717) is 18.1 Å². The number of hydrogen-bond acceptors (Lipinski definition) is 3. The second-order valence-electron chi connectivity index (χ2n) is 7.69. The van der Waals surface area contributed by atoms with Gasteiger partial charge in [-0.05, 0) is 26.8 Å². The maximum atomic E-state index is 12.7. The summed E-state index contributed by atoms with van der Waals surface area (Å²) in [6.07, 6.45) is -0.429. The number of benzene rings is 2. The summed E-state index contributed by atoms with van der Waals surface area (Å²) >= 11 is 6.22. The first-order chi connectivity index (χ1) is 12.3. The van der Waals surface area contributed by atoms with Crippen molar-refractivity contribution in [2.75, 3.05) is 17.3 Å². The summed E-state index contributed by atoms with van der Waals surface area (Å²) in [7, 11) is 0. The molecule has 136 valence electrons. The van der Waals surface area contributed by atoms with Crippen LogP contribution in [0.1, 0.15) is 32.3 Å². The van der Waals surface area contributed by atoms with Crippen molar-refractivity contribution < 1.29 is 14.6 Å². The Morgan fingerprint density at radius 1 is 1.38 bits per heavy atom. The number of carbonyl (C=O) groups excluding carboxylic acids is 1. The highest BCUT2D eigenvalue weighted by Crippen LogP contribution is 2.47. The lowest BCUT2D eigenvalue weighted by atomic mass is 9.99. The van der Waals surface area contributed by atoms with Crippen molar-refractivity contribution in [3.05, 3.63) is 35.9 Å². The second kappa shape index (κ2) is 5.81. The van der Waals surface area contributed by atoms with E-state index in [1.54, 1.807) is 11.0 Å². The SMILES string of the molecule is CC(C)(C)OC(=O)N1C[C@@H](CCl)c2c1cc(O)c1c2[nH]c2ccccc21. The molecule has 0 spiro atoms. The van der Waals surface area contributed by atoms with Gasteiger partial charge in [-0.3, -0.25) is 4.90 Å². The number of aromatic nitrogens is 1. The minimum atomic E-state index is -0.594. The van der Waals surface area contributed by atoms with Gasteiger partial charge in [0, 0.05) is 46.3 Å². The van der Waals surface area contributed by atoms with E-state index in [-0.39, 0.29) is 11.7 Å². The van der Waals surface area contributed by atoms with Gasteiger partial charge in [0.2, 0.25) is 0 Å². The highest BCUT2D eigenvalue weighted by atomic mass is 35.5. The fourth-order valence-electron chi connectivity index (χ4n) is 3.68. The molecule has 1 aliphatic rings. The molecule has 0 saturated heterocycles. The first kappa shape index (κ1) is 17.0. The number of hydrogen-bond donors (Lipinski definition) is 2. The zero-order chi connectivity index (χ0) is 18.6. The standard InChI is InChI=1S/C20H21ClN2O3/c1-20(2,3)26-19(25)23-10-11(9-21)16-14(23)8-15(24)17-12-6-4-5-7-13(12)22-18(16)17/h4-8,11,22,24H,9-10H2,1-3H3/t11-/m1/s1. The van der Waals surface area contributed by atoms with Crippen LogP contribution < -0.4 is 4.90 Å². The third-order valence-corrected chi connectivity index (χ3v) is 5.06. The molecule has 6 heteroatoms. The molecule has 0 unspecified atom stereocenters. The van der Waals surface area contributed by atoms with Crippen LogP contribution in [0.2, 0.25) is 0 Å². The Morgan fingerprint density at radius 2 is 2.12 bits per heavy atom. The number of ether oxygens (including phenoxy) is 1. The Labute approximate surface area is 156 Å². The first-order valence-corrected chi connectivity index (χ1v) is 9.16. The van der Waals surface area contributed by atoms with Crippen LogP contribution in [0.15, 0.2) is 30.3 Å². The van der Waals surface area contributed by atoms with E-state index >= 15 is 0 Å². The van der Waals surface area contributed by atoms with Crippen molar-refractivity contribution in [2.45, 2.75) is 32.3 Å². The molecule has 3 aromatic rings. The van der Waals surface area contributed by atoms with Crippen LogP contribution in [0.25, 0.3) is 21.8 Å². The lowest BCUT2D eigenvalue weighted by Crippen LogP contribution is -2.36. The predicted octanol–water partition coefficient (Wildman–Crippen LogP) is 5.10. The predicted molar refractivity (Wildman–Crippen MR) is 105 cm³/mol. The molecule has 4 rings (SSSR count). The molecule has 2 N–H and O–H groups in total. The van der Waals surface area contributed by atoms with Crippen LogP contribution in [0.3, 0.4) is 0 Å². The smallest absolute Gasteiger partial charge is 0.414 e. The van der Waals surface area contributed by atoms with Crippen molar-refractivity contribution in [2.24, 2.45) is 0 Å². The minimum absolute atomic E-state index is 0.0321. The number of anilines is 1. The number of H-pyrrole nitrogens is 1. The number of halogens is 1. The number of aromatic hydroxyl groups is 1. The lowest BCUT2D eigenvalue weighted by Gasteiger charge is -2.25. The number of carbonyl (C=O) groups is 1. The second-order valence-corrected chi connectivity index (χ2v) is 8.00. The molecule has 0 bridgehead atoms. The van der Waals surface area contributed by atoms with Gasteiger partial charge in [0.1, 0.15) is 11.4 Å². The number of nitrogens with zero attached hydrogens (tertiary/aromatic N) is 1. The van der Waals surface area contributed by atoms with Gasteiger partial charge in [-0.15, -0.1) is 11.6 Å². The summed E-state index contributed by atoms with van der Waals surface area (Å²) in [6, 6.07) is 9.47. The first-order valence-electron chi connectivity index (χ1n) is 8.63. The van der Waals surface area contributed by atoms with Gasteiger partial charge >= 0.3 is 6.09 Å². The van der Waals surface area contributed by atoms with E-state index in [0.717, 1.165) is 27.4 Å². The molecular weight excluding hydrogens is 352 g/mol. The van der Waals surface area contributed by atoms with Crippen LogP contribution in [0.4, 0.5) is 10.5 Å². The monoisotopic (exact) mass is 372 g/mol. The summed E-state index contributed by atoms with van der Waals surface area (Å²) in [4.78, 5) is 17.6. The highest BCUT2D eigenvalue weighted by Gasteiger charge is 2.37. The van der Waals surface area contributed by atoms with Crippen LogP contribution in [-0.2, 0) is 4.74 Å². The van der Waals surface area contributed by atoms with E-state index in [9.17, 15) is 9.90 Å². The average molecular weight is 373 g/mol. The van der Waals surface area contributed by atoms with Gasteiger partial charge in [0.25, 0.3) is 0 Å². The number of nitrogens with one attached hydrogen (secondary N) is 1. The maximum absolute atomic E-state index is 12.7. The number of rotatable bonds is 1. The number of fused-ring (bicyclic) bond motifs is 5. The molecule has 0 fully saturated rings. The largest absolute Gasteiger partial charge is 0.507 e. The number of phenols is 1. The van der Waals surface area contributed by atoms with E-state index in [1.807, 2.05) is 45.0 Å². The third-order valence-electron chi connectivity index (χ3n) is 4.68. The summed E-state index contributed by atoms with van der Waals surface area (Å²) in [6.45, 7) is 5.93. The Balaban J connectivity index is 1.93. The number of aromatic amines is 1. The average Bonchev–Trinajstić information content (AvgIpc) is 3.11. The Morgan fingerprint density at radius 3 is 2.81 bits per heavy atom. The van der Waals surface area contributed by atoms with Crippen LogP contribution in [0, 0.1) is 0 Å². The van der Waals surface area contributed by atoms with E-state index < -0.39 is 11.7 Å². The number of para-hydroxylation sites is 1. The quantitative estimate of drug-likeness (QED) is 0.584. The summed E-state index contributed by atoms with van der Waals surface area (Å²) in [5.74, 6) is 0.483. The third kappa shape index (κ3) is 2.58. The topological polar surface area (TPSA) is 65.6 Å². The Kier molecular flexibility index (Phi) is 3.81. The van der Waals surface area contributed by atoms with Crippen molar-refractivity contribution in [1.29, 1.82) is 0 Å². The van der Waals surface area contributed by atoms with Gasteiger partial charge in [-0.2, -0.15) is 0 Å². The fraction of sp³-hybridized carbons (Fsp3) is 0.350. The molecule has 0 aliphatic carbocycles. The van der Waals surface area contributed by atoms with Gasteiger partial charge in [-0.1, -0.05) is 18.2 Å². The zero-order valence-electron chi connectivity index (χ0n) is 15.0. The molecule has 1 aromatic heterocycles. The molecule has 2 heterocycles. The van der Waals surface area contributed by atoms with Crippen molar-refractivity contribution in [3.63, 3.8) is 0 Å². The molecule has 2 aromatic carbocycles. The molecule has 5 nitrogen and oxygen atoms in total. The Bertz CT molecular complexity index is 1020.